The normalized spacial score (nSPS) is 14.2. The Morgan fingerprint density at radius 1 is 1.30 bits per heavy atom. The van der Waals surface area contributed by atoms with E-state index in [0.29, 0.717) is 18.9 Å². The number of nitrogens with two attached hydrogens (primary N) is 1. The van der Waals surface area contributed by atoms with Crippen molar-refractivity contribution in [1.29, 1.82) is 0 Å². The second kappa shape index (κ2) is 5.46. The fourth-order valence-electron chi connectivity index (χ4n) is 2.35. The van der Waals surface area contributed by atoms with E-state index in [9.17, 15) is 4.79 Å². The van der Waals surface area contributed by atoms with Crippen LogP contribution in [0.25, 0.3) is 0 Å². The Balaban J connectivity index is 1.76. The van der Waals surface area contributed by atoms with Crippen LogP contribution in [0, 0.1) is 0 Å². The highest BCUT2D eigenvalue weighted by Crippen LogP contribution is 2.38. The number of rotatable bonds is 5. The van der Waals surface area contributed by atoms with Gasteiger partial charge in [-0.05, 0) is 30.0 Å². The molecular weight excluding hydrogens is 252 g/mol. The van der Waals surface area contributed by atoms with E-state index in [-0.39, 0.29) is 5.91 Å². The van der Waals surface area contributed by atoms with Gasteiger partial charge in [-0.2, -0.15) is 5.10 Å². The van der Waals surface area contributed by atoms with Crippen LogP contribution in [-0.2, 0) is 17.8 Å². The third-order valence-electron chi connectivity index (χ3n) is 3.62. The Labute approximate surface area is 117 Å². The topological polar surface area (TPSA) is 72.9 Å². The van der Waals surface area contributed by atoms with Crippen LogP contribution < -0.4 is 11.3 Å². The second-order valence-electron chi connectivity index (χ2n) is 5.23. The molecule has 0 spiro atoms. The van der Waals surface area contributed by atoms with Crippen molar-refractivity contribution in [2.45, 2.75) is 31.7 Å². The molecule has 1 aliphatic carbocycles. The summed E-state index contributed by atoms with van der Waals surface area (Å²) in [7, 11) is 0. The van der Waals surface area contributed by atoms with Gasteiger partial charge in [0.2, 0.25) is 5.91 Å². The molecule has 2 aromatic rings. The molecule has 1 fully saturated rings. The molecule has 0 saturated heterocycles. The Bertz CT molecular complexity index is 616. The molecular formula is C15H18N4O. The number of nitrogens with one attached hydrogen (secondary N) is 1. The fourth-order valence-corrected chi connectivity index (χ4v) is 2.35. The first kappa shape index (κ1) is 12.9. The van der Waals surface area contributed by atoms with Gasteiger partial charge in [0.15, 0.2) is 0 Å². The average molecular weight is 270 g/mol. The zero-order valence-electron chi connectivity index (χ0n) is 11.2. The van der Waals surface area contributed by atoms with Gasteiger partial charge >= 0.3 is 0 Å². The highest BCUT2D eigenvalue weighted by Gasteiger charge is 2.25. The van der Waals surface area contributed by atoms with E-state index in [0.717, 1.165) is 11.1 Å². The Morgan fingerprint density at radius 2 is 2.05 bits per heavy atom. The monoisotopic (exact) mass is 270 g/mol. The van der Waals surface area contributed by atoms with Crippen molar-refractivity contribution in [2.24, 2.45) is 5.84 Å². The van der Waals surface area contributed by atoms with Gasteiger partial charge in [0.1, 0.15) is 0 Å². The molecule has 104 valence electrons. The summed E-state index contributed by atoms with van der Waals surface area (Å²) in [4.78, 5) is 11.4. The van der Waals surface area contributed by atoms with Crippen LogP contribution in [0.2, 0.25) is 0 Å². The van der Waals surface area contributed by atoms with E-state index in [4.69, 9.17) is 5.84 Å². The van der Waals surface area contributed by atoms with Crippen LogP contribution in [0.5, 0.6) is 0 Å². The maximum atomic E-state index is 11.4. The number of benzene rings is 1. The smallest absolute Gasteiger partial charge is 0.238 e. The lowest BCUT2D eigenvalue weighted by Crippen LogP contribution is -2.31. The Morgan fingerprint density at radius 3 is 2.75 bits per heavy atom. The van der Waals surface area contributed by atoms with Gasteiger partial charge in [0, 0.05) is 12.1 Å². The average Bonchev–Trinajstić information content (AvgIpc) is 3.21. The minimum atomic E-state index is -0.184. The lowest BCUT2D eigenvalue weighted by Gasteiger charge is -2.09. The first-order chi connectivity index (χ1) is 9.76. The van der Waals surface area contributed by atoms with E-state index in [1.165, 1.54) is 18.5 Å². The summed E-state index contributed by atoms with van der Waals surface area (Å²) in [6.45, 7) is 0.681. The van der Waals surface area contributed by atoms with Crippen molar-refractivity contribution in [1.82, 2.24) is 15.2 Å². The molecule has 0 atom stereocenters. The predicted molar refractivity (Wildman–Crippen MR) is 75.8 cm³/mol. The summed E-state index contributed by atoms with van der Waals surface area (Å²) < 4.78 is 1.94. The van der Waals surface area contributed by atoms with Gasteiger partial charge in [-0.15, -0.1) is 0 Å². The van der Waals surface area contributed by atoms with Crippen molar-refractivity contribution in [3.05, 3.63) is 53.3 Å². The summed E-state index contributed by atoms with van der Waals surface area (Å²) in [5.41, 5.74) is 5.44. The quantitative estimate of drug-likeness (QED) is 0.489. The summed E-state index contributed by atoms with van der Waals surface area (Å²) in [6.07, 6.45) is 4.81. The van der Waals surface area contributed by atoms with Crippen molar-refractivity contribution in [3.63, 3.8) is 0 Å². The molecule has 1 amide bonds. The lowest BCUT2D eigenvalue weighted by molar-refractivity contribution is -0.120. The van der Waals surface area contributed by atoms with Crippen LogP contribution in [0.15, 0.2) is 36.5 Å². The summed E-state index contributed by atoms with van der Waals surface area (Å²) in [6, 6.07) is 9.98. The molecule has 0 aliphatic heterocycles. The van der Waals surface area contributed by atoms with Gasteiger partial charge in [-0.3, -0.25) is 14.9 Å². The molecule has 1 saturated carbocycles. The molecule has 5 nitrogen and oxygen atoms in total. The largest absolute Gasteiger partial charge is 0.294 e. The highest BCUT2D eigenvalue weighted by atomic mass is 16.2. The third kappa shape index (κ3) is 2.88. The number of amides is 1. The molecule has 1 aromatic heterocycles. The number of hydrazine groups is 1. The second-order valence-corrected chi connectivity index (χ2v) is 5.23. The molecule has 1 aromatic carbocycles. The number of nitrogens with zero attached hydrogens (tertiary/aromatic N) is 2. The van der Waals surface area contributed by atoms with E-state index in [2.05, 4.69) is 16.6 Å². The lowest BCUT2D eigenvalue weighted by atomic mass is 10.0. The van der Waals surface area contributed by atoms with Crippen LogP contribution in [0.4, 0.5) is 0 Å². The van der Waals surface area contributed by atoms with Crippen LogP contribution in [0.1, 0.15) is 35.6 Å². The number of carbonyl (C=O) groups is 1. The minimum absolute atomic E-state index is 0.184. The molecule has 20 heavy (non-hydrogen) atoms. The molecule has 1 heterocycles. The fraction of sp³-hybridized carbons (Fsp3) is 0.333. The minimum Gasteiger partial charge on any atom is -0.294 e. The number of hydrogen-bond acceptors (Lipinski definition) is 3. The maximum absolute atomic E-state index is 11.4. The van der Waals surface area contributed by atoms with E-state index in [1.54, 1.807) is 0 Å². The van der Waals surface area contributed by atoms with Gasteiger partial charge in [-0.1, -0.05) is 24.3 Å². The molecule has 1 aliphatic rings. The molecule has 0 bridgehead atoms. The molecule has 5 heteroatoms. The predicted octanol–water partition coefficient (Wildman–Crippen LogP) is 1.34. The summed E-state index contributed by atoms with van der Waals surface area (Å²) in [5.74, 6) is 5.63. The first-order valence-corrected chi connectivity index (χ1v) is 6.86. The maximum Gasteiger partial charge on any atom is 0.238 e. The number of aromatic nitrogens is 2. The summed E-state index contributed by atoms with van der Waals surface area (Å²) in [5, 5.41) is 4.60. The first-order valence-electron chi connectivity index (χ1n) is 6.86. The highest BCUT2D eigenvalue weighted by molar-refractivity contribution is 5.78. The zero-order valence-corrected chi connectivity index (χ0v) is 11.2. The summed E-state index contributed by atoms with van der Waals surface area (Å²) >= 11 is 0. The standard InChI is InChI=1S/C15H18N4O/c16-17-15(20)9-12-3-1-2-4-13(12)10-19-8-7-14(18-19)11-5-6-11/h1-4,7-8,11H,5-6,9-10,16H2,(H,17,20). The van der Waals surface area contributed by atoms with Gasteiger partial charge in [0.25, 0.3) is 0 Å². The third-order valence-corrected chi connectivity index (χ3v) is 3.62. The van der Waals surface area contributed by atoms with Crippen LogP contribution in [0.3, 0.4) is 0 Å². The molecule has 0 unspecified atom stereocenters. The van der Waals surface area contributed by atoms with Gasteiger partial charge in [0.05, 0.1) is 18.7 Å². The van der Waals surface area contributed by atoms with Crippen molar-refractivity contribution < 1.29 is 4.79 Å². The van der Waals surface area contributed by atoms with Crippen molar-refractivity contribution in [3.8, 4) is 0 Å². The van der Waals surface area contributed by atoms with Crippen molar-refractivity contribution in [2.75, 3.05) is 0 Å². The number of carbonyl (C=O) groups excluding carboxylic acids is 1. The number of hydrogen-bond donors (Lipinski definition) is 2. The Kier molecular flexibility index (Phi) is 3.52. The molecule has 3 rings (SSSR count). The van der Waals surface area contributed by atoms with Gasteiger partial charge in [-0.25, -0.2) is 5.84 Å². The van der Waals surface area contributed by atoms with E-state index < -0.39 is 0 Å². The van der Waals surface area contributed by atoms with Gasteiger partial charge < -0.3 is 0 Å². The molecule has 3 N–H and O–H groups in total. The molecule has 0 radical (unpaired) electrons. The zero-order chi connectivity index (χ0) is 13.9. The van der Waals surface area contributed by atoms with Crippen LogP contribution >= 0.6 is 0 Å². The van der Waals surface area contributed by atoms with Crippen LogP contribution in [-0.4, -0.2) is 15.7 Å². The Hall–Kier alpha value is -2.14. The van der Waals surface area contributed by atoms with E-state index >= 15 is 0 Å². The SMILES string of the molecule is NNC(=O)Cc1ccccc1Cn1ccc(C2CC2)n1. The van der Waals surface area contributed by atoms with Crippen molar-refractivity contribution >= 4 is 5.91 Å². The van der Waals surface area contributed by atoms with E-state index in [1.807, 2.05) is 35.1 Å².